The van der Waals surface area contributed by atoms with Crippen LogP contribution >= 0.6 is 0 Å². The Labute approximate surface area is 93.8 Å². The molecular formula is C12H26N2O. The van der Waals surface area contributed by atoms with Crippen molar-refractivity contribution >= 4 is 0 Å². The minimum absolute atomic E-state index is 0.0439. The zero-order chi connectivity index (χ0) is 11.4. The van der Waals surface area contributed by atoms with E-state index in [4.69, 9.17) is 10.5 Å². The van der Waals surface area contributed by atoms with Gasteiger partial charge in [-0.2, -0.15) is 0 Å². The molecular weight excluding hydrogens is 188 g/mol. The summed E-state index contributed by atoms with van der Waals surface area (Å²) >= 11 is 0. The van der Waals surface area contributed by atoms with Crippen molar-refractivity contribution in [2.24, 2.45) is 5.73 Å². The van der Waals surface area contributed by atoms with Crippen molar-refractivity contribution in [1.82, 2.24) is 5.32 Å². The van der Waals surface area contributed by atoms with E-state index in [0.717, 1.165) is 39.0 Å². The largest absolute Gasteiger partial charge is 0.374 e. The molecule has 0 spiro atoms. The van der Waals surface area contributed by atoms with Crippen molar-refractivity contribution < 1.29 is 4.74 Å². The third kappa shape index (κ3) is 4.49. The molecule has 3 nitrogen and oxygen atoms in total. The normalized spacial score (nSPS) is 30.4. The quantitative estimate of drug-likeness (QED) is 0.707. The lowest BCUT2D eigenvalue weighted by molar-refractivity contribution is 0.0201. The first kappa shape index (κ1) is 12.9. The topological polar surface area (TPSA) is 47.3 Å². The molecule has 1 heterocycles. The van der Waals surface area contributed by atoms with Gasteiger partial charge >= 0.3 is 0 Å². The molecule has 0 aliphatic carbocycles. The molecule has 3 heteroatoms. The average Bonchev–Trinajstić information content (AvgIpc) is 2.51. The van der Waals surface area contributed by atoms with E-state index in [1.165, 1.54) is 6.42 Å². The van der Waals surface area contributed by atoms with E-state index in [1.54, 1.807) is 0 Å². The number of ether oxygens (including phenoxy) is 1. The molecule has 1 rings (SSSR count). The number of nitrogens with two attached hydrogens (primary N) is 1. The summed E-state index contributed by atoms with van der Waals surface area (Å²) < 4.78 is 5.71. The minimum atomic E-state index is -0.0796. The third-order valence-corrected chi connectivity index (χ3v) is 3.15. The minimum Gasteiger partial charge on any atom is -0.374 e. The number of hydrogen-bond acceptors (Lipinski definition) is 3. The highest BCUT2D eigenvalue weighted by atomic mass is 16.5. The molecule has 0 bridgehead atoms. The summed E-state index contributed by atoms with van der Waals surface area (Å²) in [5.74, 6) is 0. The van der Waals surface area contributed by atoms with Crippen molar-refractivity contribution in [3.8, 4) is 0 Å². The molecule has 0 aromatic rings. The molecule has 1 saturated heterocycles. The maximum absolute atomic E-state index is 6.15. The van der Waals surface area contributed by atoms with Gasteiger partial charge in [-0.3, -0.25) is 0 Å². The predicted octanol–water partition coefficient (Wildman–Crippen LogP) is 1.66. The zero-order valence-corrected chi connectivity index (χ0v) is 10.4. The van der Waals surface area contributed by atoms with Gasteiger partial charge in [0.2, 0.25) is 0 Å². The smallest absolute Gasteiger partial charge is 0.0779 e. The maximum atomic E-state index is 6.15. The maximum Gasteiger partial charge on any atom is 0.0779 e. The van der Waals surface area contributed by atoms with Crippen LogP contribution in [-0.4, -0.2) is 30.8 Å². The lowest BCUT2D eigenvalue weighted by atomic mass is 9.96. The Hall–Kier alpha value is -0.120. The summed E-state index contributed by atoms with van der Waals surface area (Å²) in [5, 5.41) is 3.44. The summed E-state index contributed by atoms with van der Waals surface area (Å²) in [4.78, 5) is 0. The second-order valence-electron chi connectivity index (χ2n) is 5.41. The second-order valence-corrected chi connectivity index (χ2v) is 5.41. The SMILES string of the molecule is CCCC(C)(N)CNCC1(C)CCCO1. The molecule has 3 N–H and O–H groups in total. The fourth-order valence-electron chi connectivity index (χ4n) is 2.25. The van der Waals surface area contributed by atoms with Crippen LogP contribution in [0.1, 0.15) is 46.5 Å². The van der Waals surface area contributed by atoms with Gasteiger partial charge in [-0.15, -0.1) is 0 Å². The van der Waals surface area contributed by atoms with Gasteiger partial charge in [-0.05, 0) is 33.1 Å². The summed E-state index contributed by atoms with van der Waals surface area (Å²) in [5.41, 5.74) is 6.12. The van der Waals surface area contributed by atoms with Crippen molar-refractivity contribution in [1.29, 1.82) is 0 Å². The first-order chi connectivity index (χ1) is 6.97. The summed E-state index contributed by atoms with van der Waals surface area (Å²) in [7, 11) is 0. The molecule has 2 atom stereocenters. The Bertz CT molecular complexity index is 186. The lowest BCUT2D eigenvalue weighted by Crippen LogP contribution is -2.49. The fourth-order valence-corrected chi connectivity index (χ4v) is 2.25. The monoisotopic (exact) mass is 214 g/mol. The Balaban J connectivity index is 2.20. The summed E-state index contributed by atoms with van der Waals surface area (Å²) in [6, 6.07) is 0. The van der Waals surface area contributed by atoms with E-state index < -0.39 is 0 Å². The molecule has 90 valence electrons. The van der Waals surface area contributed by atoms with Crippen LogP contribution in [0.2, 0.25) is 0 Å². The molecule has 1 fully saturated rings. The molecule has 15 heavy (non-hydrogen) atoms. The second kappa shape index (κ2) is 5.28. The first-order valence-corrected chi connectivity index (χ1v) is 6.11. The van der Waals surface area contributed by atoms with Gasteiger partial charge in [0, 0.05) is 25.2 Å². The third-order valence-electron chi connectivity index (χ3n) is 3.15. The molecule has 1 aliphatic heterocycles. The van der Waals surface area contributed by atoms with E-state index in [-0.39, 0.29) is 11.1 Å². The Morgan fingerprint density at radius 1 is 1.53 bits per heavy atom. The zero-order valence-electron chi connectivity index (χ0n) is 10.4. The molecule has 0 saturated carbocycles. The Morgan fingerprint density at radius 2 is 2.27 bits per heavy atom. The van der Waals surface area contributed by atoms with Gasteiger partial charge in [-0.25, -0.2) is 0 Å². The summed E-state index contributed by atoms with van der Waals surface area (Å²) in [6.45, 7) is 9.17. The van der Waals surface area contributed by atoms with E-state index in [1.807, 2.05) is 0 Å². The van der Waals surface area contributed by atoms with Crippen LogP contribution in [0.25, 0.3) is 0 Å². The van der Waals surface area contributed by atoms with Crippen LogP contribution in [0.5, 0.6) is 0 Å². The number of nitrogens with one attached hydrogen (secondary N) is 1. The van der Waals surface area contributed by atoms with Crippen LogP contribution in [0.15, 0.2) is 0 Å². The van der Waals surface area contributed by atoms with E-state index in [0.29, 0.717) is 0 Å². The standard InChI is InChI=1S/C12H26N2O/c1-4-6-11(2,13)9-14-10-12(3)7-5-8-15-12/h14H,4-10,13H2,1-3H3. The molecule has 0 aromatic heterocycles. The van der Waals surface area contributed by atoms with Gasteiger partial charge in [0.05, 0.1) is 5.60 Å². The Morgan fingerprint density at radius 3 is 2.80 bits per heavy atom. The molecule has 1 aliphatic rings. The van der Waals surface area contributed by atoms with Gasteiger partial charge < -0.3 is 15.8 Å². The van der Waals surface area contributed by atoms with E-state index in [2.05, 4.69) is 26.1 Å². The van der Waals surface area contributed by atoms with Crippen LogP contribution in [-0.2, 0) is 4.74 Å². The Kier molecular flexibility index (Phi) is 4.56. The highest BCUT2D eigenvalue weighted by Crippen LogP contribution is 2.24. The van der Waals surface area contributed by atoms with Crippen molar-refractivity contribution in [2.75, 3.05) is 19.7 Å². The van der Waals surface area contributed by atoms with E-state index >= 15 is 0 Å². The van der Waals surface area contributed by atoms with Gasteiger partial charge in [0.25, 0.3) is 0 Å². The highest BCUT2D eigenvalue weighted by Gasteiger charge is 2.29. The van der Waals surface area contributed by atoms with Crippen molar-refractivity contribution in [2.45, 2.75) is 57.6 Å². The van der Waals surface area contributed by atoms with Crippen LogP contribution in [0, 0.1) is 0 Å². The van der Waals surface area contributed by atoms with Gasteiger partial charge in [0.15, 0.2) is 0 Å². The molecule has 0 radical (unpaired) electrons. The lowest BCUT2D eigenvalue weighted by Gasteiger charge is -2.28. The predicted molar refractivity (Wildman–Crippen MR) is 64.0 cm³/mol. The molecule has 0 aromatic carbocycles. The van der Waals surface area contributed by atoms with Crippen molar-refractivity contribution in [3.63, 3.8) is 0 Å². The van der Waals surface area contributed by atoms with Crippen LogP contribution in [0.3, 0.4) is 0 Å². The van der Waals surface area contributed by atoms with E-state index in [9.17, 15) is 0 Å². The van der Waals surface area contributed by atoms with Crippen LogP contribution < -0.4 is 11.1 Å². The fraction of sp³-hybridized carbons (Fsp3) is 1.00. The van der Waals surface area contributed by atoms with Gasteiger partial charge in [-0.1, -0.05) is 13.3 Å². The average molecular weight is 214 g/mol. The first-order valence-electron chi connectivity index (χ1n) is 6.11. The number of rotatable bonds is 6. The van der Waals surface area contributed by atoms with Crippen LogP contribution in [0.4, 0.5) is 0 Å². The summed E-state index contributed by atoms with van der Waals surface area (Å²) in [6.07, 6.45) is 4.56. The van der Waals surface area contributed by atoms with Crippen molar-refractivity contribution in [3.05, 3.63) is 0 Å². The number of hydrogen-bond donors (Lipinski definition) is 2. The molecule has 0 amide bonds. The molecule has 2 unspecified atom stereocenters. The van der Waals surface area contributed by atoms with Gasteiger partial charge in [0.1, 0.15) is 0 Å². The highest BCUT2D eigenvalue weighted by molar-refractivity contribution is 4.86.